The number of aliphatic hydroxyl groups excluding tert-OH is 1. The number of fused-ring (bicyclic) bond motifs is 1. The number of aryl methyl sites for hydroxylation is 1. The van der Waals surface area contributed by atoms with Crippen LogP contribution in [-0.4, -0.2) is 32.7 Å². The highest BCUT2D eigenvalue weighted by atomic mass is 16.3. The van der Waals surface area contributed by atoms with E-state index in [1.807, 2.05) is 12.1 Å². The standard InChI is InChI=1S/C19H24N4O/c24-12-9-13-3-1-5-16(13)21-19-15-4-2-6-17(15)22-18(23-19)14-7-10-20-11-8-14/h7-8,10-11,13,16,24H,1-6,9,12H2,(H,21,22,23). The van der Waals surface area contributed by atoms with E-state index in [1.54, 1.807) is 12.4 Å². The Bertz CT molecular complexity index is 704. The van der Waals surface area contributed by atoms with Crippen molar-refractivity contribution in [3.8, 4) is 11.4 Å². The number of aromatic nitrogens is 3. The van der Waals surface area contributed by atoms with Crippen molar-refractivity contribution in [2.45, 2.75) is 51.0 Å². The SMILES string of the molecule is OCCC1CCCC1Nc1nc(-c2ccncc2)nc2c1CCC2. The van der Waals surface area contributed by atoms with Gasteiger partial charge in [0.15, 0.2) is 5.82 Å². The molecule has 0 radical (unpaired) electrons. The summed E-state index contributed by atoms with van der Waals surface area (Å²) in [6, 6.07) is 4.34. The van der Waals surface area contributed by atoms with Crippen LogP contribution >= 0.6 is 0 Å². The molecule has 2 heterocycles. The van der Waals surface area contributed by atoms with E-state index in [1.165, 1.54) is 24.1 Å². The molecule has 1 saturated carbocycles. The zero-order chi connectivity index (χ0) is 16.4. The molecular weight excluding hydrogens is 300 g/mol. The second-order valence-electron chi connectivity index (χ2n) is 6.86. The average molecular weight is 324 g/mol. The first kappa shape index (κ1) is 15.5. The van der Waals surface area contributed by atoms with Crippen molar-refractivity contribution in [1.29, 1.82) is 0 Å². The molecule has 24 heavy (non-hydrogen) atoms. The van der Waals surface area contributed by atoms with Gasteiger partial charge in [-0.25, -0.2) is 9.97 Å². The van der Waals surface area contributed by atoms with Gasteiger partial charge < -0.3 is 10.4 Å². The number of pyridine rings is 1. The third-order valence-corrected chi connectivity index (χ3v) is 5.35. The summed E-state index contributed by atoms with van der Waals surface area (Å²) >= 11 is 0. The molecule has 2 atom stereocenters. The highest BCUT2D eigenvalue weighted by molar-refractivity contribution is 5.60. The van der Waals surface area contributed by atoms with Gasteiger partial charge in [-0.15, -0.1) is 0 Å². The van der Waals surface area contributed by atoms with Gasteiger partial charge in [-0.05, 0) is 56.6 Å². The second kappa shape index (κ2) is 6.85. The Morgan fingerprint density at radius 2 is 1.96 bits per heavy atom. The number of rotatable bonds is 5. The predicted octanol–water partition coefficient (Wildman–Crippen LogP) is 2.99. The fraction of sp³-hybridized carbons (Fsp3) is 0.526. The number of nitrogens with zero attached hydrogens (tertiary/aromatic N) is 3. The van der Waals surface area contributed by atoms with E-state index >= 15 is 0 Å². The Labute approximate surface area is 142 Å². The predicted molar refractivity (Wildman–Crippen MR) is 93.7 cm³/mol. The zero-order valence-electron chi connectivity index (χ0n) is 13.9. The quantitative estimate of drug-likeness (QED) is 0.885. The van der Waals surface area contributed by atoms with E-state index in [-0.39, 0.29) is 6.61 Å². The van der Waals surface area contributed by atoms with Gasteiger partial charge in [0, 0.05) is 41.9 Å². The van der Waals surface area contributed by atoms with Crippen molar-refractivity contribution in [2.24, 2.45) is 5.92 Å². The molecule has 0 spiro atoms. The van der Waals surface area contributed by atoms with Crippen LogP contribution in [0.15, 0.2) is 24.5 Å². The molecule has 4 rings (SSSR count). The summed E-state index contributed by atoms with van der Waals surface area (Å²) in [5.74, 6) is 2.35. The molecule has 1 fully saturated rings. The highest BCUT2D eigenvalue weighted by Crippen LogP contribution is 2.34. The Hall–Kier alpha value is -2.01. The first-order chi connectivity index (χ1) is 11.8. The molecule has 0 bridgehead atoms. The van der Waals surface area contributed by atoms with Crippen LogP contribution in [0, 0.1) is 5.92 Å². The summed E-state index contributed by atoms with van der Waals surface area (Å²) in [6.45, 7) is 0.271. The molecule has 126 valence electrons. The average Bonchev–Trinajstić information content (AvgIpc) is 3.25. The van der Waals surface area contributed by atoms with Crippen LogP contribution in [0.4, 0.5) is 5.82 Å². The van der Waals surface area contributed by atoms with E-state index in [0.29, 0.717) is 12.0 Å². The lowest BCUT2D eigenvalue weighted by Crippen LogP contribution is -2.26. The van der Waals surface area contributed by atoms with E-state index in [9.17, 15) is 5.11 Å². The third-order valence-electron chi connectivity index (χ3n) is 5.35. The topological polar surface area (TPSA) is 70.9 Å². The minimum absolute atomic E-state index is 0.271. The summed E-state index contributed by atoms with van der Waals surface area (Å²) in [6.07, 6.45) is 11.3. The lowest BCUT2D eigenvalue weighted by Gasteiger charge is -2.22. The summed E-state index contributed by atoms with van der Waals surface area (Å²) in [5, 5.41) is 13.0. The van der Waals surface area contributed by atoms with Gasteiger partial charge in [-0.2, -0.15) is 0 Å². The van der Waals surface area contributed by atoms with E-state index in [2.05, 4.69) is 10.3 Å². The van der Waals surface area contributed by atoms with Crippen LogP contribution in [0.5, 0.6) is 0 Å². The molecule has 2 unspecified atom stereocenters. The normalized spacial score (nSPS) is 22.5. The Morgan fingerprint density at radius 1 is 1.08 bits per heavy atom. The van der Waals surface area contributed by atoms with Crippen LogP contribution < -0.4 is 5.32 Å². The molecular formula is C19H24N4O. The van der Waals surface area contributed by atoms with Crippen molar-refractivity contribution < 1.29 is 5.11 Å². The van der Waals surface area contributed by atoms with Gasteiger partial charge in [0.25, 0.3) is 0 Å². The van der Waals surface area contributed by atoms with Crippen LogP contribution in [0.3, 0.4) is 0 Å². The summed E-state index contributed by atoms with van der Waals surface area (Å²) in [4.78, 5) is 13.7. The largest absolute Gasteiger partial charge is 0.396 e. The van der Waals surface area contributed by atoms with Gasteiger partial charge in [-0.3, -0.25) is 4.98 Å². The van der Waals surface area contributed by atoms with Crippen LogP contribution in [0.1, 0.15) is 43.4 Å². The fourth-order valence-electron chi connectivity index (χ4n) is 4.10. The summed E-state index contributed by atoms with van der Waals surface area (Å²) in [7, 11) is 0. The number of aliphatic hydroxyl groups is 1. The van der Waals surface area contributed by atoms with Crippen molar-refractivity contribution in [3.05, 3.63) is 35.8 Å². The summed E-state index contributed by atoms with van der Waals surface area (Å²) in [5.41, 5.74) is 3.50. The second-order valence-corrected chi connectivity index (χ2v) is 6.86. The van der Waals surface area contributed by atoms with E-state index < -0.39 is 0 Å². The number of anilines is 1. The lowest BCUT2D eigenvalue weighted by atomic mass is 10.00. The van der Waals surface area contributed by atoms with E-state index in [0.717, 1.165) is 49.3 Å². The maximum Gasteiger partial charge on any atom is 0.161 e. The minimum Gasteiger partial charge on any atom is -0.396 e. The Kier molecular flexibility index (Phi) is 4.43. The van der Waals surface area contributed by atoms with Crippen molar-refractivity contribution in [3.63, 3.8) is 0 Å². The van der Waals surface area contributed by atoms with Crippen LogP contribution in [0.25, 0.3) is 11.4 Å². The molecule has 0 amide bonds. The Balaban J connectivity index is 1.66. The molecule has 2 N–H and O–H groups in total. The molecule has 2 aromatic rings. The van der Waals surface area contributed by atoms with Crippen LogP contribution in [-0.2, 0) is 12.8 Å². The molecule has 2 aliphatic carbocycles. The molecule has 0 aliphatic heterocycles. The van der Waals surface area contributed by atoms with E-state index in [4.69, 9.17) is 9.97 Å². The molecule has 5 nitrogen and oxygen atoms in total. The van der Waals surface area contributed by atoms with Gasteiger partial charge in [0.1, 0.15) is 5.82 Å². The highest BCUT2D eigenvalue weighted by Gasteiger charge is 2.29. The number of nitrogens with one attached hydrogen (secondary N) is 1. The molecule has 5 heteroatoms. The fourth-order valence-corrected chi connectivity index (χ4v) is 4.10. The van der Waals surface area contributed by atoms with Gasteiger partial charge >= 0.3 is 0 Å². The van der Waals surface area contributed by atoms with Crippen LogP contribution in [0.2, 0.25) is 0 Å². The van der Waals surface area contributed by atoms with Crippen molar-refractivity contribution in [2.75, 3.05) is 11.9 Å². The van der Waals surface area contributed by atoms with Crippen molar-refractivity contribution in [1.82, 2.24) is 15.0 Å². The minimum atomic E-state index is 0.271. The van der Waals surface area contributed by atoms with Gasteiger partial charge in [0.05, 0.1) is 0 Å². The van der Waals surface area contributed by atoms with Gasteiger partial charge in [-0.1, -0.05) is 6.42 Å². The Morgan fingerprint density at radius 3 is 2.79 bits per heavy atom. The molecule has 0 aromatic carbocycles. The first-order valence-electron chi connectivity index (χ1n) is 9.02. The zero-order valence-corrected chi connectivity index (χ0v) is 13.9. The maximum atomic E-state index is 9.30. The van der Waals surface area contributed by atoms with Crippen molar-refractivity contribution >= 4 is 5.82 Å². The molecule has 0 saturated heterocycles. The molecule has 2 aliphatic rings. The lowest BCUT2D eigenvalue weighted by molar-refractivity contribution is 0.254. The summed E-state index contributed by atoms with van der Waals surface area (Å²) < 4.78 is 0. The number of hydrogen-bond donors (Lipinski definition) is 2. The number of hydrogen-bond acceptors (Lipinski definition) is 5. The first-order valence-corrected chi connectivity index (χ1v) is 9.02. The third kappa shape index (κ3) is 3.00. The van der Waals surface area contributed by atoms with Gasteiger partial charge in [0.2, 0.25) is 0 Å². The maximum absolute atomic E-state index is 9.30. The molecule has 2 aromatic heterocycles. The monoisotopic (exact) mass is 324 g/mol. The smallest absolute Gasteiger partial charge is 0.161 e.